The number of nitrogens with one attached hydrogen (secondary N) is 1. The number of rotatable bonds is 5. The highest BCUT2D eigenvalue weighted by Gasteiger charge is 2.18. The Morgan fingerprint density at radius 1 is 1.42 bits per heavy atom. The van der Waals surface area contributed by atoms with Crippen LogP contribution < -0.4 is 11.1 Å². The van der Waals surface area contributed by atoms with Crippen LogP contribution in [0.25, 0.3) is 11.0 Å². The highest BCUT2D eigenvalue weighted by atomic mass is 35.5. The van der Waals surface area contributed by atoms with Gasteiger partial charge in [0.2, 0.25) is 0 Å². The Morgan fingerprint density at radius 3 is 2.75 bits per heavy atom. The number of amides is 2. The van der Waals surface area contributed by atoms with E-state index < -0.39 is 17.6 Å². The van der Waals surface area contributed by atoms with Gasteiger partial charge in [-0.15, -0.1) is 11.8 Å². The smallest absolute Gasteiger partial charge is 0.407 e. The molecule has 0 saturated heterocycles. The van der Waals surface area contributed by atoms with Gasteiger partial charge in [0.25, 0.3) is 5.91 Å². The Morgan fingerprint density at radius 2 is 2.12 bits per heavy atom. The SMILES string of the molecule is CC(C)(C)OC(=O)NCCSc1noc2c(C(N)=O)cc(Cl)cc12. The first-order valence-corrected chi connectivity index (χ1v) is 8.52. The van der Waals surface area contributed by atoms with Gasteiger partial charge in [0.15, 0.2) is 5.58 Å². The predicted molar refractivity (Wildman–Crippen MR) is 92.5 cm³/mol. The van der Waals surface area contributed by atoms with Gasteiger partial charge in [0.05, 0.1) is 10.9 Å². The molecule has 0 atom stereocenters. The molecule has 1 heterocycles. The molecule has 0 fully saturated rings. The topological polar surface area (TPSA) is 107 Å². The van der Waals surface area contributed by atoms with Crippen molar-refractivity contribution in [2.75, 3.05) is 12.3 Å². The average Bonchev–Trinajstić information content (AvgIpc) is 2.83. The zero-order valence-electron chi connectivity index (χ0n) is 13.5. The lowest BCUT2D eigenvalue weighted by molar-refractivity contribution is 0.0531. The summed E-state index contributed by atoms with van der Waals surface area (Å²) < 4.78 is 10.3. The van der Waals surface area contributed by atoms with Crippen LogP contribution in [-0.4, -0.2) is 35.1 Å². The second kappa shape index (κ2) is 7.31. The molecule has 0 saturated carbocycles. The number of hydrogen-bond donors (Lipinski definition) is 2. The minimum absolute atomic E-state index is 0.184. The van der Waals surface area contributed by atoms with Gasteiger partial charge in [-0.3, -0.25) is 4.79 Å². The number of benzene rings is 1. The van der Waals surface area contributed by atoms with Crippen molar-refractivity contribution < 1.29 is 18.8 Å². The van der Waals surface area contributed by atoms with Crippen molar-refractivity contribution in [3.63, 3.8) is 0 Å². The van der Waals surface area contributed by atoms with Crippen molar-refractivity contribution in [1.82, 2.24) is 10.5 Å². The van der Waals surface area contributed by atoms with Gasteiger partial charge in [0, 0.05) is 17.3 Å². The third-order valence-electron chi connectivity index (χ3n) is 2.78. The summed E-state index contributed by atoms with van der Waals surface area (Å²) in [4.78, 5) is 23.0. The molecule has 1 aromatic carbocycles. The summed E-state index contributed by atoms with van der Waals surface area (Å²) in [7, 11) is 0. The predicted octanol–water partition coefficient (Wildman–Crippen LogP) is 3.20. The van der Waals surface area contributed by atoms with Crippen LogP contribution in [0.3, 0.4) is 0 Å². The fourth-order valence-electron chi connectivity index (χ4n) is 1.89. The molecule has 2 amide bonds. The van der Waals surface area contributed by atoms with Gasteiger partial charge in [-0.05, 0) is 32.9 Å². The third-order valence-corrected chi connectivity index (χ3v) is 3.97. The van der Waals surface area contributed by atoms with E-state index in [1.807, 2.05) is 0 Å². The van der Waals surface area contributed by atoms with Gasteiger partial charge in [0.1, 0.15) is 10.6 Å². The van der Waals surface area contributed by atoms with Crippen molar-refractivity contribution in [2.24, 2.45) is 5.73 Å². The van der Waals surface area contributed by atoms with Gasteiger partial charge >= 0.3 is 6.09 Å². The Kier molecular flexibility index (Phi) is 5.61. The molecule has 0 spiro atoms. The Bertz CT molecular complexity index is 770. The normalized spacial score (nSPS) is 11.5. The molecule has 0 radical (unpaired) electrons. The van der Waals surface area contributed by atoms with E-state index >= 15 is 0 Å². The van der Waals surface area contributed by atoms with Crippen LogP contribution in [0.2, 0.25) is 5.02 Å². The third kappa shape index (κ3) is 4.78. The van der Waals surface area contributed by atoms with E-state index in [4.69, 9.17) is 26.6 Å². The van der Waals surface area contributed by atoms with Crippen LogP contribution in [0, 0.1) is 0 Å². The molecule has 1 aromatic heterocycles. The summed E-state index contributed by atoms with van der Waals surface area (Å²) in [6.07, 6.45) is -0.479. The molecule has 0 unspecified atom stereocenters. The first-order valence-electron chi connectivity index (χ1n) is 7.16. The lowest BCUT2D eigenvalue weighted by Crippen LogP contribution is -2.33. The molecule has 130 valence electrons. The molecule has 24 heavy (non-hydrogen) atoms. The van der Waals surface area contributed by atoms with Crippen molar-refractivity contribution in [2.45, 2.75) is 31.4 Å². The van der Waals surface area contributed by atoms with E-state index in [0.29, 0.717) is 33.3 Å². The second-order valence-electron chi connectivity index (χ2n) is 5.96. The van der Waals surface area contributed by atoms with E-state index in [1.54, 1.807) is 26.8 Å². The summed E-state index contributed by atoms with van der Waals surface area (Å²) in [5, 5.41) is 8.13. The molecule has 9 heteroatoms. The average molecular weight is 372 g/mol. The number of nitrogens with zero attached hydrogens (tertiary/aromatic N) is 1. The number of carbonyl (C=O) groups excluding carboxylic acids is 2. The lowest BCUT2D eigenvalue weighted by Gasteiger charge is -2.19. The second-order valence-corrected chi connectivity index (χ2v) is 7.48. The largest absolute Gasteiger partial charge is 0.444 e. The highest BCUT2D eigenvalue weighted by Crippen LogP contribution is 2.31. The summed E-state index contributed by atoms with van der Waals surface area (Å²) in [5.41, 5.74) is 5.25. The van der Waals surface area contributed by atoms with Crippen LogP contribution in [-0.2, 0) is 4.74 Å². The van der Waals surface area contributed by atoms with Gasteiger partial charge in [-0.1, -0.05) is 16.8 Å². The molecule has 0 aliphatic rings. The molecule has 0 bridgehead atoms. The first kappa shape index (κ1) is 18.4. The molecule has 2 rings (SSSR count). The number of carbonyl (C=O) groups is 2. The van der Waals surface area contributed by atoms with Gasteiger partial charge in [-0.2, -0.15) is 0 Å². The number of alkyl carbamates (subject to hydrolysis) is 1. The van der Waals surface area contributed by atoms with Crippen molar-refractivity contribution in [3.8, 4) is 0 Å². The molecule has 2 aromatic rings. The number of ether oxygens (including phenoxy) is 1. The first-order chi connectivity index (χ1) is 11.2. The number of hydrogen-bond acceptors (Lipinski definition) is 6. The maximum atomic E-state index is 11.6. The number of nitrogens with two attached hydrogens (primary N) is 1. The van der Waals surface area contributed by atoms with Crippen LogP contribution in [0.5, 0.6) is 0 Å². The minimum Gasteiger partial charge on any atom is -0.444 e. The van der Waals surface area contributed by atoms with Gasteiger partial charge in [-0.25, -0.2) is 4.79 Å². The zero-order valence-corrected chi connectivity index (χ0v) is 15.1. The van der Waals surface area contributed by atoms with Crippen molar-refractivity contribution in [3.05, 3.63) is 22.7 Å². The minimum atomic E-state index is -0.637. The lowest BCUT2D eigenvalue weighted by atomic mass is 10.1. The molecular weight excluding hydrogens is 354 g/mol. The molecule has 0 aliphatic heterocycles. The van der Waals surface area contributed by atoms with Crippen molar-refractivity contribution >= 4 is 46.3 Å². The molecule has 3 N–H and O–H groups in total. The fourth-order valence-corrected chi connectivity index (χ4v) is 2.90. The quantitative estimate of drug-likeness (QED) is 0.617. The summed E-state index contributed by atoms with van der Waals surface area (Å²) in [6.45, 7) is 5.77. The van der Waals surface area contributed by atoms with Crippen LogP contribution >= 0.6 is 23.4 Å². The zero-order chi connectivity index (χ0) is 17.9. The van der Waals surface area contributed by atoms with E-state index in [1.165, 1.54) is 17.8 Å². The number of primary amides is 1. The molecular formula is C15H18ClN3O4S. The molecule has 0 aliphatic carbocycles. The number of aromatic nitrogens is 1. The standard InChI is InChI=1S/C15H18ClN3O4S/c1-15(2,3)22-14(21)18-4-5-24-13-10-7-8(16)6-9(12(17)20)11(10)23-19-13/h6-7H,4-5H2,1-3H3,(H2,17,20)(H,18,21). The molecule has 7 nitrogen and oxygen atoms in total. The van der Waals surface area contributed by atoms with Gasteiger partial charge < -0.3 is 20.3 Å². The summed E-state index contributed by atoms with van der Waals surface area (Å²) in [5.74, 6) is -0.0963. The van der Waals surface area contributed by atoms with Crippen LogP contribution in [0.15, 0.2) is 21.7 Å². The van der Waals surface area contributed by atoms with E-state index in [-0.39, 0.29) is 5.56 Å². The van der Waals surface area contributed by atoms with E-state index in [2.05, 4.69) is 10.5 Å². The Labute approximate surface area is 148 Å². The van der Waals surface area contributed by atoms with E-state index in [0.717, 1.165) is 0 Å². The maximum Gasteiger partial charge on any atom is 0.407 e. The highest BCUT2D eigenvalue weighted by molar-refractivity contribution is 7.99. The number of thioether (sulfide) groups is 1. The number of fused-ring (bicyclic) bond motifs is 1. The monoisotopic (exact) mass is 371 g/mol. The summed E-state index contributed by atoms with van der Waals surface area (Å²) in [6, 6.07) is 3.10. The fraction of sp³-hybridized carbons (Fsp3) is 0.400. The van der Waals surface area contributed by atoms with E-state index in [9.17, 15) is 9.59 Å². The Hall–Kier alpha value is -1.93. The Balaban J connectivity index is 1.99. The maximum absolute atomic E-state index is 11.6. The van der Waals surface area contributed by atoms with Crippen molar-refractivity contribution in [1.29, 1.82) is 0 Å². The number of halogens is 1. The van der Waals surface area contributed by atoms with Crippen LogP contribution in [0.4, 0.5) is 4.79 Å². The summed E-state index contributed by atoms with van der Waals surface area (Å²) >= 11 is 7.36. The van der Waals surface area contributed by atoms with Crippen LogP contribution in [0.1, 0.15) is 31.1 Å².